The van der Waals surface area contributed by atoms with Gasteiger partial charge in [0, 0.05) is 5.41 Å². The van der Waals surface area contributed by atoms with Gasteiger partial charge >= 0.3 is 0 Å². The molecule has 0 aliphatic rings. The summed E-state index contributed by atoms with van der Waals surface area (Å²) in [7, 11) is -9.75. The Kier molecular flexibility index (Phi) is 10.2. The van der Waals surface area contributed by atoms with E-state index in [-0.39, 0.29) is 36.2 Å². The predicted molar refractivity (Wildman–Crippen MR) is 126 cm³/mol. The largest absolute Gasteiger partial charge is 0.726 e. The number of ether oxygens (including phenoxy) is 4. The van der Waals surface area contributed by atoms with E-state index in [2.05, 4.69) is 8.37 Å². The summed E-state index contributed by atoms with van der Waals surface area (Å²) in [5, 5.41) is 0. The fraction of sp³-hybridized carbons (Fsp3) is 0.304. The first-order valence-corrected chi connectivity index (χ1v) is 12.9. The number of rotatable bonds is 14. The van der Waals surface area contributed by atoms with E-state index in [4.69, 9.17) is 31.8 Å². The highest BCUT2D eigenvalue weighted by molar-refractivity contribution is 7.81. The summed E-state index contributed by atoms with van der Waals surface area (Å²) in [5.74, 6) is 0.662. The Morgan fingerprint density at radius 2 is 1.08 bits per heavy atom. The topological polar surface area (TPSA) is 170 Å². The maximum atomic E-state index is 10.6. The van der Waals surface area contributed by atoms with Crippen LogP contribution >= 0.6 is 0 Å². The summed E-state index contributed by atoms with van der Waals surface area (Å²) >= 11 is 0. The molecule has 0 N–H and O–H groups in total. The lowest BCUT2D eigenvalue weighted by atomic mass is 9.78. The smallest absolute Gasteiger partial charge is 0.217 e. The Hall–Kier alpha value is -3.50. The molecule has 0 bridgehead atoms. The lowest BCUT2D eigenvalue weighted by molar-refractivity contribution is 0.196. The van der Waals surface area contributed by atoms with Gasteiger partial charge < -0.3 is 28.1 Å². The van der Waals surface area contributed by atoms with Gasteiger partial charge in [0.1, 0.15) is 25.4 Å². The van der Waals surface area contributed by atoms with Gasteiger partial charge in [0.15, 0.2) is 23.0 Å². The monoisotopic (exact) mass is 554 g/mol. The summed E-state index contributed by atoms with van der Waals surface area (Å²) in [5.41, 5.74) is 0.673. The Balaban J connectivity index is 2.33. The molecule has 0 aliphatic heterocycles. The van der Waals surface area contributed by atoms with Crippen LogP contribution in [0.15, 0.2) is 36.4 Å². The lowest BCUT2D eigenvalue weighted by Gasteiger charge is -2.28. The van der Waals surface area contributed by atoms with Gasteiger partial charge in [0.2, 0.25) is 20.8 Å². The van der Waals surface area contributed by atoms with Gasteiger partial charge in [-0.05, 0) is 35.4 Å². The third-order valence-corrected chi connectivity index (χ3v) is 5.72. The minimum atomic E-state index is -4.88. The van der Waals surface area contributed by atoms with Crippen LogP contribution in [0.2, 0.25) is 0 Å². The molecule has 0 fully saturated rings. The molecule has 0 spiro atoms. The first-order valence-electron chi connectivity index (χ1n) is 10.3. The second-order valence-corrected chi connectivity index (χ2v) is 9.65. The molecule has 0 saturated carbocycles. The van der Waals surface area contributed by atoms with Gasteiger partial charge in [-0.15, -0.1) is 0 Å². The van der Waals surface area contributed by atoms with Crippen molar-refractivity contribution >= 4 is 20.8 Å². The summed E-state index contributed by atoms with van der Waals surface area (Å²) in [6.07, 6.45) is 14.5. The van der Waals surface area contributed by atoms with Crippen LogP contribution in [0, 0.1) is 25.1 Å². The van der Waals surface area contributed by atoms with E-state index in [0.29, 0.717) is 11.1 Å². The average molecular weight is 555 g/mol. The molecular weight excluding hydrogens is 532 g/mol. The summed E-state index contributed by atoms with van der Waals surface area (Å²) in [4.78, 5) is 0. The first-order chi connectivity index (χ1) is 17.3. The molecule has 0 radical (unpaired) electrons. The molecule has 200 valence electrons. The van der Waals surface area contributed by atoms with Gasteiger partial charge in [-0.3, -0.25) is 8.37 Å². The van der Waals surface area contributed by atoms with Gasteiger partial charge in [0.25, 0.3) is 0 Å². The van der Waals surface area contributed by atoms with E-state index in [1.165, 1.54) is 0 Å². The molecule has 0 saturated heterocycles. The van der Waals surface area contributed by atoms with Crippen LogP contribution < -0.4 is 18.9 Å². The predicted octanol–water partition coefficient (Wildman–Crippen LogP) is 1.66. The van der Waals surface area contributed by atoms with Crippen LogP contribution in [-0.4, -0.2) is 52.4 Å². The van der Waals surface area contributed by atoms with Crippen molar-refractivity contribution in [1.29, 1.82) is 0 Å². The van der Waals surface area contributed by atoms with Crippen LogP contribution in [0.25, 0.3) is 0 Å². The van der Waals surface area contributed by atoms with Crippen molar-refractivity contribution in [3.05, 3.63) is 47.5 Å². The van der Waals surface area contributed by atoms with Gasteiger partial charge in [-0.1, -0.05) is 38.8 Å². The Morgan fingerprint density at radius 1 is 0.703 bits per heavy atom. The zero-order chi connectivity index (χ0) is 27.7. The van der Waals surface area contributed by atoms with Crippen LogP contribution in [0.1, 0.15) is 25.0 Å². The highest BCUT2D eigenvalue weighted by atomic mass is 32.3. The van der Waals surface area contributed by atoms with E-state index in [9.17, 15) is 25.9 Å². The zero-order valence-electron chi connectivity index (χ0n) is 19.7. The van der Waals surface area contributed by atoms with Crippen molar-refractivity contribution in [2.24, 2.45) is 0 Å². The van der Waals surface area contributed by atoms with E-state index >= 15 is 0 Å². The molecule has 14 heteroatoms. The Bertz CT molecular complexity index is 1280. The number of terminal acetylenes is 2. The minimum Gasteiger partial charge on any atom is -0.726 e. The molecule has 0 heterocycles. The quantitative estimate of drug-likeness (QED) is 0.143. The average Bonchev–Trinajstić information content (AvgIpc) is 2.80. The maximum absolute atomic E-state index is 10.6. The maximum Gasteiger partial charge on any atom is 0.217 e. The normalized spacial score (nSPS) is 11.7. The summed E-state index contributed by atoms with van der Waals surface area (Å²) < 4.78 is 93.2. The minimum absolute atomic E-state index is 0.162. The molecule has 2 aromatic rings. The van der Waals surface area contributed by atoms with E-state index in [0.717, 1.165) is 0 Å². The summed E-state index contributed by atoms with van der Waals surface area (Å²) in [6.45, 7) is 2.12. The number of hydrogen-bond acceptors (Lipinski definition) is 12. The highest BCUT2D eigenvalue weighted by Gasteiger charge is 2.26. The lowest BCUT2D eigenvalue weighted by Crippen LogP contribution is -2.20. The van der Waals surface area contributed by atoms with Crippen molar-refractivity contribution in [3.63, 3.8) is 0 Å². The van der Waals surface area contributed by atoms with Crippen molar-refractivity contribution in [3.8, 4) is 48.1 Å². The van der Waals surface area contributed by atoms with E-state index in [1.54, 1.807) is 36.4 Å². The number of hydrogen-bond donors (Lipinski definition) is 0. The third kappa shape index (κ3) is 9.47. The van der Waals surface area contributed by atoms with Gasteiger partial charge in [-0.2, -0.15) is 0 Å². The van der Waals surface area contributed by atoms with Gasteiger partial charge in [0.05, 0.1) is 13.2 Å². The highest BCUT2D eigenvalue weighted by Crippen LogP contribution is 2.40. The Morgan fingerprint density at radius 3 is 1.41 bits per heavy atom. The van der Waals surface area contributed by atoms with Crippen LogP contribution in [-0.2, 0) is 34.6 Å². The fourth-order valence-corrected chi connectivity index (χ4v) is 3.60. The van der Waals surface area contributed by atoms with Crippen molar-refractivity contribution in [1.82, 2.24) is 0 Å². The standard InChI is InChI=1S/C23H24O12S2/c1-5-30-19-9-7-17(15-21(19)32-11-13-34-36(24,25)26)23(3,4)18-8-10-20(31-6-2)22(16-18)33-12-14-35-37(27,28)29/h1-2,7-10,15-16H,11-14H2,3-4H3,(H,24,25,26)(H,27,28,29)/p-2. The van der Waals surface area contributed by atoms with E-state index in [1.807, 2.05) is 26.1 Å². The molecule has 2 aromatic carbocycles. The molecule has 0 amide bonds. The van der Waals surface area contributed by atoms with Crippen molar-refractivity contribution < 1.29 is 53.3 Å². The van der Waals surface area contributed by atoms with Crippen LogP contribution in [0.4, 0.5) is 0 Å². The fourth-order valence-electron chi connectivity index (χ4n) is 3.06. The first kappa shape index (κ1) is 29.7. The van der Waals surface area contributed by atoms with Crippen LogP contribution in [0.5, 0.6) is 23.0 Å². The molecule has 12 nitrogen and oxygen atoms in total. The third-order valence-electron chi connectivity index (χ3n) is 4.81. The second-order valence-electron chi connectivity index (χ2n) is 7.55. The Labute approximate surface area is 215 Å². The summed E-state index contributed by atoms with van der Waals surface area (Å²) in [6, 6.07) is 9.75. The molecule has 0 aliphatic carbocycles. The van der Waals surface area contributed by atoms with E-state index < -0.39 is 39.4 Å². The molecule has 37 heavy (non-hydrogen) atoms. The van der Waals surface area contributed by atoms with Gasteiger partial charge in [-0.25, -0.2) is 16.8 Å². The van der Waals surface area contributed by atoms with Crippen LogP contribution in [0.3, 0.4) is 0 Å². The molecule has 0 atom stereocenters. The SMILES string of the molecule is C#COc1ccc(C(C)(C)c2ccc(OC#C)c(OCCOS(=O)(=O)[O-])c2)cc1OCCOS(=O)(=O)[O-]. The molecule has 0 aromatic heterocycles. The zero-order valence-corrected chi connectivity index (χ0v) is 21.3. The molecule has 0 unspecified atom stereocenters. The number of benzene rings is 2. The van der Waals surface area contributed by atoms with Crippen molar-refractivity contribution in [2.45, 2.75) is 19.3 Å². The molecular formula is C23H22O12S2-2. The second kappa shape index (κ2) is 12.6. The van der Waals surface area contributed by atoms with Crippen molar-refractivity contribution in [2.75, 3.05) is 26.4 Å². The molecule has 2 rings (SSSR count).